The van der Waals surface area contributed by atoms with E-state index < -0.39 is 11.9 Å². The van der Waals surface area contributed by atoms with Crippen molar-refractivity contribution in [1.29, 1.82) is 0 Å². The summed E-state index contributed by atoms with van der Waals surface area (Å²) in [5, 5.41) is 14.7. The highest BCUT2D eigenvalue weighted by molar-refractivity contribution is 6.03. The Morgan fingerprint density at radius 1 is 1.67 bits per heavy atom. The highest BCUT2D eigenvalue weighted by atomic mass is 16.4. The van der Waals surface area contributed by atoms with Gasteiger partial charge < -0.3 is 10.4 Å². The lowest BCUT2D eigenvalue weighted by Crippen LogP contribution is -2.09. The van der Waals surface area contributed by atoms with E-state index in [1.54, 1.807) is 6.92 Å². The molecule has 2 N–H and O–H groups in total. The van der Waals surface area contributed by atoms with Crippen molar-refractivity contribution in [2.24, 2.45) is 0 Å². The van der Waals surface area contributed by atoms with E-state index in [0.29, 0.717) is 5.69 Å². The van der Waals surface area contributed by atoms with Gasteiger partial charge in [-0.15, -0.1) is 0 Å². The van der Waals surface area contributed by atoms with Crippen molar-refractivity contribution in [2.45, 2.75) is 13.5 Å². The van der Waals surface area contributed by atoms with Crippen molar-refractivity contribution in [3.63, 3.8) is 0 Å². The Hall–Kier alpha value is -2.29. The Morgan fingerprint density at radius 3 is 3.00 bits per heavy atom. The number of carboxylic acids is 1. The lowest BCUT2D eigenvalue weighted by Gasteiger charge is -1.94. The van der Waals surface area contributed by atoms with Gasteiger partial charge in [-0.3, -0.25) is 14.3 Å². The van der Waals surface area contributed by atoms with Crippen LogP contribution < -0.4 is 5.32 Å². The van der Waals surface area contributed by atoms with Gasteiger partial charge in [0, 0.05) is 6.20 Å². The first-order valence-corrected chi connectivity index (χ1v) is 4.10. The smallest absolute Gasteiger partial charge is 0.325 e. The average molecular weight is 207 g/mol. The van der Waals surface area contributed by atoms with Crippen LogP contribution in [-0.4, -0.2) is 26.8 Å². The molecule has 0 aliphatic rings. The fraction of sp³-hybridized carbons (Fsp3) is 0.222. The zero-order valence-electron chi connectivity index (χ0n) is 8.02. The molecule has 15 heavy (non-hydrogen) atoms. The zero-order valence-corrected chi connectivity index (χ0v) is 8.02. The van der Waals surface area contributed by atoms with E-state index in [4.69, 9.17) is 5.11 Å². The lowest BCUT2D eigenvalue weighted by atomic mass is 10.5. The van der Waals surface area contributed by atoms with Crippen LogP contribution in [0.5, 0.6) is 0 Å². The van der Waals surface area contributed by atoms with Gasteiger partial charge in [0.15, 0.2) is 0 Å². The predicted octanol–water partition coefficient (Wildman–Crippen LogP) is -0.0705. The summed E-state index contributed by atoms with van der Waals surface area (Å²) in [6, 6.07) is 0. The predicted molar refractivity (Wildman–Crippen MR) is 51.9 cm³/mol. The van der Waals surface area contributed by atoms with Crippen molar-refractivity contribution in [3.8, 4) is 11.8 Å². The minimum absolute atomic E-state index is 0.241. The lowest BCUT2D eigenvalue weighted by molar-refractivity contribution is -0.137. The topological polar surface area (TPSA) is 84.2 Å². The quantitative estimate of drug-likeness (QED) is 0.679. The zero-order chi connectivity index (χ0) is 11.3. The number of carbonyl (C=O) groups excluding carboxylic acids is 1. The second-order valence-electron chi connectivity index (χ2n) is 2.65. The molecule has 0 bridgehead atoms. The molecule has 0 atom stereocenters. The highest BCUT2D eigenvalue weighted by Crippen LogP contribution is 2.03. The molecule has 78 valence electrons. The summed E-state index contributed by atoms with van der Waals surface area (Å²) in [6.07, 6.45) is 2.78. The fourth-order valence-electron chi connectivity index (χ4n) is 0.929. The van der Waals surface area contributed by atoms with E-state index in [2.05, 4.69) is 22.3 Å². The van der Waals surface area contributed by atoms with Gasteiger partial charge in [-0.25, -0.2) is 0 Å². The van der Waals surface area contributed by atoms with Crippen LogP contribution >= 0.6 is 0 Å². The molecule has 0 saturated heterocycles. The number of aliphatic carboxylic acids is 1. The van der Waals surface area contributed by atoms with Gasteiger partial charge in [0.2, 0.25) is 0 Å². The molecule has 0 aliphatic carbocycles. The largest absolute Gasteiger partial charge is 0.480 e. The number of nitrogens with one attached hydrogen (secondary N) is 1. The van der Waals surface area contributed by atoms with Crippen LogP contribution in [0.1, 0.15) is 6.92 Å². The summed E-state index contributed by atoms with van der Waals surface area (Å²) in [5.74, 6) is 3.29. The van der Waals surface area contributed by atoms with Crippen molar-refractivity contribution < 1.29 is 14.7 Å². The van der Waals surface area contributed by atoms with E-state index in [9.17, 15) is 9.59 Å². The van der Waals surface area contributed by atoms with E-state index in [0.717, 1.165) is 0 Å². The normalized spacial score (nSPS) is 8.87. The molecule has 0 saturated carbocycles. The van der Waals surface area contributed by atoms with Gasteiger partial charge in [0.1, 0.15) is 6.54 Å². The van der Waals surface area contributed by atoms with Crippen LogP contribution in [-0.2, 0) is 16.1 Å². The van der Waals surface area contributed by atoms with E-state index in [1.165, 1.54) is 17.1 Å². The Morgan fingerprint density at radius 2 is 2.40 bits per heavy atom. The maximum absolute atomic E-state index is 11.0. The third-order valence-electron chi connectivity index (χ3n) is 1.43. The number of nitrogens with zero attached hydrogens (tertiary/aromatic N) is 2. The average Bonchev–Trinajstić information content (AvgIpc) is 2.51. The SMILES string of the molecule is CC#CC(=O)Nc1cnn(CC(=O)O)c1. The first kappa shape index (κ1) is 10.8. The molecule has 0 radical (unpaired) electrons. The third-order valence-corrected chi connectivity index (χ3v) is 1.43. The van der Waals surface area contributed by atoms with Crippen molar-refractivity contribution >= 4 is 17.6 Å². The monoisotopic (exact) mass is 207 g/mol. The Balaban J connectivity index is 2.63. The highest BCUT2D eigenvalue weighted by Gasteiger charge is 2.03. The summed E-state index contributed by atoms with van der Waals surface area (Å²) in [6.45, 7) is 1.31. The summed E-state index contributed by atoms with van der Waals surface area (Å²) in [7, 11) is 0. The van der Waals surface area contributed by atoms with Gasteiger partial charge in [-0.2, -0.15) is 5.10 Å². The molecule has 0 aliphatic heterocycles. The fourth-order valence-corrected chi connectivity index (χ4v) is 0.929. The summed E-state index contributed by atoms with van der Waals surface area (Å²) in [5.41, 5.74) is 0.420. The van der Waals surface area contributed by atoms with Crippen LogP contribution in [0, 0.1) is 11.8 Å². The molecule has 0 spiro atoms. The van der Waals surface area contributed by atoms with E-state index in [1.807, 2.05) is 0 Å². The maximum Gasteiger partial charge on any atom is 0.325 e. The minimum Gasteiger partial charge on any atom is -0.480 e. The van der Waals surface area contributed by atoms with Crippen LogP contribution in [0.3, 0.4) is 0 Å². The van der Waals surface area contributed by atoms with Crippen LogP contribution in [0.25, 0.3) is 0 Å². The number of amides is 1. The number of rotatable bonds is 3. The molecule has 0 aromatic carbocycles. The number of carboxylic acid groups (broad SMARTS) is 1. The molecule has 1 rings (SSSR count). The van der Waals surface area contributed by atoms with Crippen molar-refractivity contribution in [2.75, 3.05) is 5.32 Å². The number of hydrogen-bond acceptors (Lipinski definition) is 3. The molecule has 1 aromatic heterocycles. The number of carbonyl (C=O) groups is 2. The summed E-state index contributed by atoms with van der Waals surface area (Å²) < 4.78 is 1.21. The maximum atomic E-state index is 11.0. The van der Waals surface area contributed by atoms with Gasteiger partial charge in [0.25, 0.3) is 5.91 Å². The van der Waals surface area contributed by atoms with E-state index >= 15 is 0 Å². The van der Waals surface area contributed by atoms with E-state index in [-0.39, 0.29) is 6.54 Å². The Bertz CT molecular complexity index is 439. The molecule has 6 heteroatoms. The summed E-state index contributed by atoms with van der Waals surface area (Å²) >= 11 is 0. The van der Waals surface area contributed by atoms with Gasteiger partial charge >= 0.3 is 5.97 Å². The first-order valence-electron chi connectivity index (χ1n) is 4.10. The number of anilines is 1. The molecule has 0 unspecified atom stereocenters. The van der Waals surface area contributed by atoms with Crippen LogP contribution in [0.4, 0.5) is 5.69 Å². The molecular weight excluding hydrogens is 198 g/mol. The van der Waals surface area contributed by atoms with Gasteiger partial charge in [-0.1, -0.05) is 5.92 Å². The first-order chi connectivity index (χ1) is 7.11. The Kier molecular flexibility index (Phi) is 3.46. The van der Waals surface area contributed by atoms with Crippen molar-refractivity contribution in [3.05, 3.63) is 12.4 Å². The third kappa shape index (κ3) is 3.52. The number of aromatic nitrogens is 2. The van der Waals surface area contributed by atoms with Gasteiger partial charge in [-0.05, 0) is 12.8 Å². The number of hydrogen-bond donors (Lipinski definition) is 2. The molecule has 1 heterocycles. The van der Waals surface area contributed by atoms with Gasteiger partial charge in [0.05, 0.1) is 11.9 Å². The van der Waals surface area contributed by atoms with Crippen molar-refractivity contribution in [1.82, 2.24) is 9.78 Å². The second kappa shape index (κ2) is 4.81. The second-order valence-corrected chi connectivity index (χ2v) is 2.65. The summed E-state index contributed by atoms with van der Waals surface area (Å²) in [4.78, 5) is 21.3. The standard InChI is InChI=1S/C9H9N3O3/c1-2-3-8(13)11-7-4-10-12(5-7)6-9(14)15/h4-5H,6H2,1H3,(H,11,13)(H,14,15). The molecular formula is C9H9N3O3. The minimum atomic E-state index is -0.996. The molecule has 1 aromatic rings. The Labute approximate surface area is 85.9 Å². The van der Waals surface area contributed by atoms with Crippen LogP contribution in [0.15, 0.2) is 12.4 Å². The van der Waals surface area contributed by atoms with Crippen LogP contribution in [0.2, 0.25) is 0 Å². The molecule has 1 amide bonds. The molecule has 6 nitrogen and oxygen atoms in total. The molecule has 0 fully saturated rings.